The molecule has 0 aromatic carbocycles. The van der Waals surface area contributed by atoms with Crippen molar-refractivity contribution in [3.63, 3.8) is 0 Å². The fourth-order valence-corrected chi connectivity index (χ4v) is 0.601. The standard InChI is InChI=1S/C9H17NO2/c1-4-5-6-7-8-12-9(11)10(2)3/h6-7H,4-5,8H2,1-3H3/b7-6-. The molecule has 3 heteroatoms. The molecule has 3 nitrogen and oxygen atoms in total. The Balaban J connectivity index is 3.37. The summed E-state index contributed by atoms with van der Waals surface area (Å²) >= 11 is 0. The Morgan fingerprint density at radius 2 is 2.08 bits per heavy atom. The largest absolute Gasteiger partial charge is 0.445 e. The number of carbonyl (C=O) groups is 1. The number of allylic oxidation sites excluding steroid dienone is 1. The molecular formula is C9H17NO2. The van der Waals surface area contributed by atoms with Gasteiger partial charge in [0.05, 0.1) is 0 Å². The highest BCUT2D eigenvalue weighted by Crippen LogP contribution is 1.90. The molecule has 0 N–H and O–H groups in total. The number of hydrogen-bond donors (Lipinski definition) is 0. The summed E-state index contributed by atoms with van der Waals surface area (Å²) in [6.45, 7) is 2.48. The molecule has 0 heterocycles. The first-order valence-electron chi connectivity index (χ1n) is 4.17. The minimum absolute atomic E-state index is 0.295. The van der Waals surface area contributed by atoms with Gasteiger partial charge in [-0.25, -0.2) is 4.79 Å². The second-order valence-corrected chi connectivity index (χ2v) is 2.73. The smallest absolute Gasteiger partial charge is 0.409 e. The van der Waals surface area contributed by atoms with Gasteiger partial charge in [0.1, 0.15) is 6.61 Å². The molecule has 0 aliphatic heterocycles. The molecule has 0 atom stereocenters. The van der Waals surface area contributed by atoms with E-state index in [0.29, 0.717) is 6.61 Å². The predicted molar refractivity (Wildman–Crippen MR) is 49.1 cm³/mol. The highest BCUT2D eigenvalue weighted by molar-refractivity contribution is 5.66. The summed E-state index contributed by atoms with van der Waals surface area (Å²) in [5.74, 6) is 0. The molecule has 70 valence electrons. The van der Waals surface area contributed by atoms with Crippen LogP contribution in [0.25, 0.3) is 0 Å². The fraction of sp³-hybridized carbons (Fsp3) is 0.667. The molecule has 0 unspecified atom stereocenters. The maximum atomic E-state index is 10.8. The van der Waals surface area contributed by atoms with E-state index in [2.05, 4.69) is 6.92 Å². The minimum atomic E-state index is -0.295. The van der Waals surface area contributed by atoms with Crippen LogP contribution in [0.4, 0.5) is 4.79 Å². The van der Waals surface area contributed by atoms with Crippen LogP contribution in [0.2, 0.25) is 0 Å². The summed E-state index contributed by atoms with van der Waals surface area (Å²) in [5, 5.41) is 0. The van der Waals surface area contributed by atoms with E-state index in [1.54, 1.807) is 14.1 Å². The molecule has 0 aliphatic rings. The summed E-state index contributed by atoms with van der Waals surface area (Å²) in [6, 6.07) is 0. The van der Waals surface area contributed by atoms with Crippen molar-refractivity contribution in [2.24, 2.45) is 0 Å². The third-order valence-corrected chi connectivity index (χ3v) is 1.29. The summed E-state index contributed by atoms with van der Waals surface area (Å²) in [7, 11) is 3.33. The molecule has 0 aliphatic carbocycles. The Bertz CT molecular complexity index is 153. The van der Waals surface area contributed by atoms with Crippen LogP contribution in [-0.2, 0) is 4.74 Å². The van der Waals surface area contributed by atoms with E-state index < -0.39 is 0 Å². The van der Waals surface area contributed by atoms with Gasteiger partial charge in [-0.15, -0.1) is 0 Å². The van der Waals surface area contributed by atoms with Crippen LogP contribution in [0.1, 0.15) is 19.8 Å². The number of carbonyl (C=O) groups excluding carboxylic acids is 1. The molecule has 1 amide bonds. The molecule has 0 radical (unpaired) electrons. The minimum Gasteiger partial charge on any atom is -0.445 e. The van der Waals surface area contributed by atoms with Crippen molar-refractivity contribution >= 4 is 6.09 Å². The first kappa shape index (κ1) is 11.0. The first-order chi connectivity index (χ1) is 5.68. The van der Waals surface area contributed by atoms with E-state index in [9.17, 15) is 4.79 Å². The van der Waals surface area contributed by atoms with Gasteiger partial charge in [0.15, 0.2) is 0 Å². The third-order valence-electron chi connectivity index (χ3n) is 1.29. The summed E-state index contributed by atoms with van der Waals surface area (Å²) in [5.41, 5.74) is 0. The summed E-state index contributed by atoms with van der Waals surface area (Å²) in [6.07, 6.45) is 5.75. The SMILES string of the molecule is CCC/C=C\COC(=O)N(C)C. The zero-order chi connectivity index (χ0) is 9.40. The zero-order valence-electron chi connectivity index (χ0n) is 8.04. The maximum absolute atomic E-state index is 10.8. The Morgan fingerprint density at radius 1 is 1.42 bits per heavy atom. The highest BCUT2D eigenvalue weighted by Gasteiger charge is 2.00. The zero-order valence-corrected chi connectivity index (χ0v) is 8.04. The van der Waals surface area contributed by atoms with Crippen LogP contribution in [0.5, 0.6) is 0 Å². The first-order valence-corrected chi connectivity index (χ1v) is 4.17. The van der Waals surface area contributed by atoms with Gasteiger partial charge in [-0.05, 0) is 6.42 Å². The van der Waals surface area contributed by atoms with Gasteiger partial charge in [0.25, 0.3) is 0 Å². The van der Waals surface area contributed by atoms with Gasteiger partial charge in [0.2, 0.25) is 0 Å². The molecule has 0 spiro atoms. The summed E-state index contributed by atoms with van der Waals surface area (Å²) in [4.78, 5) is 12.3. The lowest BCUT2D eigenvalue weighted by Gasteiger charge is -2.08. The van der Waals surface area contributed by atoms with E-state index in [-0.39, 0.29) is 6.09 Å². The fourth-order valence-electron chi connectivity index (χ4n) is 0.601. The van der Waals surface area contributed by atoms with E-state index in [1.807, 2.05) is 12.2 Å². The van der Waals surface area contributed by atoms with Crippen LogP contribution in [0, 0.1) is 0 Å². The average Bonchev–Trinajstić information content (AvgIpc) is 2.03. The van der Waals surface area contributed by atoms with Crippen molar-refractivity contribution in [1.29, 1.82) is 0 Å². The van der Waals surface area contributed by atoms with Crippen LogP contribution in [0.3, 0.4) is 0 Å². The van der Waals surface area contributed by atoms with Gasteiger partial charge in [-0.1, -0.05) is 25.5 Å². The van der Waals surface area contributed by atoms with Gasteiger partial charge in [0, 0.05) is 14.1 Å². The van der Waals surface area contributed by atoms with Crippen molar-refractivity contribution in [2.45, 2.75) is 19.8 Å². The lowest BCUT2D eigenvalue weighted by atomic mass is 10.3. The normalized spacial score (nSPS) is 10.2. The van der Waals surface area contributed by atoms with Crippen LogP contribution in [-0.4, -0.2) is 31.7 Å². The monoisotopic (exact) mass is 171 g/mol. The van der Waals surface area contributed by atoms with Crippen LogP contribution >= 0.6 is 0 Å². The lowest BCUT2D eigenvalue weighted by molar-refractivity contribution is 0.129. The molecule has 12 heavy (non-hydrogen) atoms. The molecule has 0 aromatic rings. The number of hydrogen-bond acceptors (Lipinski definition) is 2. The van der Waals surface area contributed by atoms with E-state index in [1.165, 1.54) is 4.90 Å². The lowest BCUT2D eigenvalue weighted by Crippen LogP contribution is -2.22. The van der Waals surface area contributed by atoms with Crippen molar-refractivity contribution in [3.05, 3.63) is 12.2 Å². The molecule has 0 saturated heterocycles. The Kier molecular flexibility index (Phi) is 6.15. The molecule has 0 bridgehead atoms. The van der Waals surface area contributed by atoms with Crippen molar-refractivity contribution in [1.82, 2.24) is 4.90 Å². The molecule has 0 saturated carbocycles. The Hall–Kier alpha value is -0.990. The van der Waals surface area contributed by atoms with Crippen molar-refractivity contribution in [2.75, 3.05) is 20.7 Å². The quantitative estimate of drug-likeness (QED) is 0.606. The second-order valence-electron chi connectivity index (χ2n) is 2.73. The van der Waals surface area contributed by atoms with Crippen molar-refractivity contribution < 1.29 is 9.53 Å². The number of rotatable bonds is 4. The highest BCUT2D eigenvalue weighted by atomic mass is 16.5. The third kappa shape index (κ3) is 5.77. The number of amides is 1. The van der Waals surface area contributed by atoms with Gasteiger partial charge in [-0.3, -0.25) is 0 Å². The van der Waals surface area contributed by atoms with Crippen molar-refractivity contribution in [3.8, 4) is 0 Å². The van der Waals surface area contributed by atoms with E-state index in [4.69, 9.17) is 4.74 Å². The second kappa shape index (κ2) is 6.70. The number of nitrogens with zero attached hydrogens (tertiary/aromatic N) is 1. The topological polar surface area (TPSA) is 29.5 Å². The van der Waals surface area contributed by atoms with Gasteiger partial charge >= 0.3 is 6.09 Å². The maximum Gasteiger partial charge on any atom is 0.409 e. The predicted octanol–water partition coefficient (Wildman–Crippen LogP) is 2.04. The molecule has 0 fully saturated rings. The van der Waals surface area contributed by atoms with E-state index >= 15 is 0 Å². The molecule has 0 aromatic heterocycles. The van der Waals surface area contributed by atoms with Gasteiger partial charge in [-0.2, -0.15) is 0 Å². The van der Waals surface area contributed by atoms with Crippen LogP contribution in [0.15, 0.2) is 12.2 Å². The number of unbranched alkanes of at least 4 members (excludes halogenated alkanes) is 1. The number of ether oxygens (including phenoxy) is 1. The van der Waals surface area contributed by atoms with Gasteiger partial charge < -0.3 is 9.64 Å². The summed E-state index contributed by atoms with van der Waals surface area (Å²) < 4.78 is 4.85. The molecule has 0 rings (SSSR count). The Labute approximate surface area is 74.0 Å². The molecular weight excluding hydrogens is 154 g/mol. The van der Waals surface area contributed by atoms with E-state index in [0.717, 1.165) is 12.8 Å². The Morgan fingerprint density at radius 3 is 2.58 bits per heavy atom. The average molecular weight is 171 g/mol. The van der Waals surface area contributed by atoms with Crippen LogP contribution < -0.4 is 0 Å².